The van der Waals surface area contributed by atoms with Crippen molar-refractivity contribution in [3.05, 3.63) is 47.2 Å². The van der Waals surface area contributed by atoms with Gasteiger partial charge in [0.05, 0.1) is 14.2 Å². The minimum absolute atomic E-state index is 0.0267. The molecule has 0 atom stereocenters. The number of rotatable bonds is 8. The average Bonchev–Trinajstić information content (AvgIpc) is 2.92. The molecule has 0 radical (unpaired) electrons. The first-order valence-corrected chi connectivity index (χ1v) is 7.67. The zero-order valence-electron chi connectivity index (χ0n) is 13.8. The summed E-state index contributed by atoms with van der Waals surface area (Å²) < 4.78 is 10.5. The summed E-state index contributed by atoms with van der Waals surface area (Å²) in [5.41, 5.74) is 2.34. The number of carbonyl (C=O) groups is 2. The van der Waals surface area contributed by atoms with Crippen molar-refractivity contribution in [2.75, 3.05) is 20.8 Å². The number of carbonyl (C=O) groups excluding carboxylic acids is 1. The number of hydrogen-bond acceptors (Lipinski definition) is 5. The molecule has 0 amide bonds. The van der Waals surface area contributed by atoms with Gasteiger partial charge in [0.15, 0.2) is 17.3 Å². The Kier molecular flexibility index (Phi) is 6.01. The number of nitrogens with one attached hydrogen (secondary N) is 1. The van der Waals surface area contributed by atoms with E-state index < -0.39 is 5.97 Å². The van der Waals surface area contributed by atoms with Crippen LogP contribution in [0.5, 0.6) is 11.5 Å². The van der Waals surface area contributed by atoms with Gasteiger partial charge < -0.3 is 19.9 Å². The monoisotopic (exact) mass is 331 g/mol. The summed E-state index contributed by atoms with van der Waals surface area (Å²) in [6.45, 7) is 0.641. The number of allylic oxidation sites excluding steroid dienone is 3. The normalized spacial score (nSPS) is 14.3. The van der Waals surface area contributed by atoms with Crippen molar-refractivity contribution in [1.29, 1.82) is 0 Å². The van der Waals surface area contributed by atoms with Crippen LogP contribution >= 0.6 is 0 Å². The highest BCUT2D eigenvalue weighted by molar-refractivity contribution is 6.02. The van der Waals surface area contributed by atoms with E-state index in [1.54, 1.807) is 14.2 Å². The first kappa shape index (κ1) is 17.6. The Balaban J connectivity index is 2.00. The quantitative estimate of drug-likeness (QED) is 0.710. The van der Waals surface area contributed by atoms with Gasteiger partial charge >= 0.3 is 5.97 Å². The molecular formula is C18H21NO5. The van der Waals surface area contributed by atoms with Crippen molar-refractivity contribution in [2.24, 2.45) is 0 Å². The van der Waals surface area contributed by atoms with Crippen molar-refractivity contribution in [3.8, 4) is 11.5 Å². The van der Waals surface area contributed by atoms with E-state index in [1.165, 1.54) is 6.08 Å². The molecule has 0 unspecified atom stereocenters. The molecule has 6 nitrogen and oxygen atoms in total. The van der Waals surface area contributed by atoms with Crippen LogP contribution in [-0.4, -0.2) is 37.6 Å². The third kappa shape index (κ3) is 4.38. The second kappa shape index (κ2) is 8.19. The lowest BCUT2D eigenvalue weighted by Gasteiger charge is -2.11. The zero-order chi connectivity index (χ0) is 17.5. The van der Waals surface area contributed by atoms with Gasteiger partial charge in [0, 0.05) is 30.3 Å². The molecule has 1 aliphatic rings. The Hall–Kier alpha value is -2.76. The van der Waals surface area contributed by atoms with Gasteiger partial charge in [0.1, 0.15) is 0 Å². The summed E-state index contributed by atoms with van der Waals surface area (Å²) in [6, 6.07) is 5.73. The molecule has 6 heteroatoms. The zero-order valence-corrected chi connectivity index (χ0v) is 13.8. The highest BCUT2D eigenvalue weighted by atomic mass is 16.5. The number of ketones is 1. The number of carboxylic acid groups (broad SMARTS) is 1. The van der Waals surface area contributed by atoms with E-state index in [2.05, 4.69) is 5.32 Å². The molecule has 1 aliphatic carbocycles. The van der Waals surface area contributed by atoms with Crippen molar-refractivity contribution < 1.29 is 24.2 Å². The standard InChI is InChI=1S/C18H21NO5/c1-23-16-7-3-12(11-17(16)24-2)9-10-19-14-5-6-15(20)13(14)4-8-18(21)22/h3-4,7-8,11,19H,5-6,9-10H2,1-2H3,(H,21,22)/b8-4-. The first-order valence-electron chi connectivity index (χ1n) is 7.67. The maximum atomic E-state index is 11.8. The van der Waals surface area contributed by atoms with Crippen LogP contribution in [0.25, 0.3) is 0 Å². The maximum absolute atomic E-state index is 11.8. The van der Waals surface area contributed by atoms with Crippen molar-refractivity contribution in [2.45, 2.75) is 19.3 Å². The maximum Gasteiger partial charge on any atom is 0.328 e. The predicted octanol–water partition coefficient (Wildman–Crippen LogP) is 2.09. The van der Waals surface area contributed by atoms with Gasteiger partial charge in [0.2, 0.25) is 0 Å². The van der Waals surface area contributed by atoms with Crippen LogP contribution in [0.15, 0.2) is 41.6 Å². The molecule has 2 rings (SSSR count). The van der Waals surface area contributed by atoms with Crippen molar-refractivity contribution in [3.63, 3.8) is 0 Å². The SMILES string of the molecule is COc1ccc(CCNC2=C(/C=C\C(=O)O)C(=O)CC2)cc1OC. The number of ether oxygens (including phenoxy) is 2. The number of carboxylic acids is 1. The fraction of sp³-hybridized carbons (Fsp3) is 0.333. The Morgan fingerprint density at radius 1 is 1.25 bits per heavy atom. The van der Waals surface area contributed by atoms with Crippen LogP contribution in [0.2, 0.25) is 0 Å². The van der Waals surface area contributed by atoms with Crippen LogP contribution in [0.4, 0.5) is 0 Å². The van der Waals surface area contributed by atoms with E-state index in [4.69, 9.17) is 14.6 Å². The predicted molar refractivity (Wildman–Crippen MR) is 89.3 cm³/mol. The van der Waals surface area contributed by atoms with Crippen LogP contribution < -0.4 is 14.8 Å². The lowest BCUT2D eigenvalue weighted by atomic mass is 10.1. The van der Waals surface area contributed by atoms with E-state index >= 15 is 0 Å². The second-order valence-corrected chi connectivity index (χ2v) is 5.35. The second-order valence-electron chi connectivity index (χ2n) is 5.35. The molecule has 0 heterocycles. The number of benzene rings is 1. The Bertz CT molecular complexity index is 691. The molecule has 0 aliphatic heterocycles. The van der Waals surface area contributed by atoms with Gasteiger partial charge in [-0.25, -0.2) is 4.79 Å². The van der Waals surface area contributed by atoms with Crippen LogP contribution in [0, 0.1) is 0 Å². The molecule has 0 bridgehead atoms. The summed E-state index contributed by atoms with van der Waals surface area (Å²) in [5, 5.41) is 11.9. The molecule has 0 fully saturated rings. The van der Waals surface area contributed by atoms with Gasteiger partial charge in [-0.1, -0.05) is 6.07 Å². The Morgan fingerprint density at radius 3 is 2.67 bits per heavy atom. The number of aliphatic carboxylic acids is 1. The third-order valence-corrected chi connectivity index (χ3v) is 3.82. The highest BCUT2D eigenvalue weighted by Gasteiger charge is 2.20. The number of methoxy groups -OCH3 is 2. The summed E-state index contributed by atoms with van der Waals surface area (Å²) in [6.07, 6.45) is 4.14. The average molecular weight is 331 g/mol. The van der Waals surface area contributed by atoms with Gasteiger partial charge in [-0.15, -0.1) is 0 Å². The van der Waals surface area contributed by atoms with Crippen LogP contribution in [-0.2, 0) is 16.0 Å². The van der Waals surface area contributed by atoms with Gasteiger partial charge in [0.25, 0.3) is 0 Å². The van der Waals surface area contributed by atoms with Crippen LogP contribution in [0.3, 0.4) is 0 Å². The van der Waals surface area contributed by atoms with Crippen LogP contribution in [0.1, 0.15) is 18.4 Å². The molecule has 128 valence electrons. The highest BCUT2D eigenvalue weighted by Crippen LogP contribution is 2.27. The van der Waals surface area contributed by atoms with Crippen molar-refractivity contribution >= 4 is 11.8 Å². The van der Waals surface area contributed by atoms with E-state index in [0.29, 0.717) is 36.5 Å². The fourth-order valence-corrected chi connectivity index (χ4v) is 2.60. The molecule has 0 aromatic heterocycles. The van der Waals surface area contributed by atoms with E-state index in [9.17, 15) is 9.59 Å². The molecule has 24 heavy (non-hydrogen) atoms. The van der Waals surface area contributed by atoms with E-state index in [1.807, 2.05) is 18.2 Å². The third-order valence-electron chi connectivity index (χ3n) is 3.82. The molecular weight excluding hydrogens is 310 g/mol. The summed E-state index contributed by atoms with van der Waals surface area (Å²) >= 11 is 0. The van der Waals surface area contributed by atoms with Gasteiger partial charge in [-0.2, -0.15) is 0 Å². The summed E-state index contributed by atoms with van der Waals surface area (Å²) in [5.74, 6) is 0.266. The van der Waals surface area contributed by atoms with Gasteiger partial charge in [-0.3, -0.25) is 4.79 Å². The molecule has 1 aromatic rings. The molecule has 0 saturated carbocycles. The first-order chi connectivity index (χ1) is 11.5. The topological polar surface area (TPSA) is 84.9 Å². The lowest BCUT2D eigenvalue weighted by molar-refractivity contribution is -0.131. The van der Waals surface area contributed by atoms with E-state index in [-0.39, 0.29) is 5.78 Å². The molecule has 0 saturated heterocycles. The minimum atomic E-state index is -1.06. The summed E-state index contributed by atoms with van der Waals surface area (Å²) in [4.78, 5) is 22.4. The minimum Gasteiger partial charge on any atom is -0.493 e. The molecule has 0 spiro atoms. The van der Waals surface area contributed by atoms with Gasteiger partial charge in [-0.05, 0) is 36.6 Å². The van der Waals surface area contributed by atoms with E-state index in [0.717, 1.165) is 23.8 Å². The number of Topliss-reactive ketones (excluding diaryl/α,β-unsaturated/α-hetero) is 1. The molecule has 1 aromatic carbocycles. The summed E-state index contributed by atoms with van der Waals surface area (Å²) in [7, 11) is 3.19. The molecule has 2 N–H and O–H groups in total. The van der Waals surface area contributed by atoms with Crippen molar-refractivity contribution in [1.82, 2.24) is 5.32 Å². The largest absolute Gasteiger partial charge is 0.493 e. The fourth-order valence-electron chi connectivity index (χ4n) is 2.60. The Labute approximate surface area is 140 Å². The number of hydrogen-bond donors (Lipinski definition) is 2. The Morgan fingerprint density at radius 2 is 2.00 bits per heavy atom. The lowest BCUT2D eigenvalue weighted by Crippen LogP contribution is -2.17. The smallest absolute Gasteiger partial charge is 0.328 e.